The summed E-state index contributed by atoms with van der Waals surface area (Å²) in [7, 11) is 0. The lowest BCUT2D eigenvalue weighted by molar-refractivity contribution is 0.161. The van der Waals surface area contributed by atoms with Gasteiger partial charge in [0.25, 0.3) is 0 Å². The van der Waals surface area contributed by atoms with Gasteiger partial charge in [-0.25, -0.2) is 0 Å². The van der Waals surface area contributed by atoms with E-state index >= 15 is 0 Å². The monoisotopic (exact) mass is 242 g/mol. The van der Waals surface area contributed by atoms with Crippen molar-refractivity contribution in [1.29, 1.82) is 0 Å². The van der Waals surface area contributed by atoms with Gasteiger partial charge in [0.15, 0.2) is 5.11 Å². The Balaban J connectivity index is 2.39. The lowest BCUT2D eigenvalue weighted by atomic mass is 9.71. The predicted octanol–water partition coefficient (Wildman–Crippen LogP) is 3.08. The van der Waals surface area contributed by atoms with Crippen molar-refractivity contribution < 1.29 is 0 Å². The Morgan fingerprint density at radius 3 is 2.62 bits per heavy atom. The van der Waals surface area contributed by atoms with Crippen molar-refractivity contribution in [2.75, 3.05) is 6.54 Å². The molecular formula is C13H26N2S. The van der Waals surface area contributed by atoms with Crippen LogP contribution in [0, 0.1) is 11.3 Å². The minimum atomic E-state index is 0.454. The fraction of sp³-hybridized carbons (Fsp3) is 0.923. The number of hydrogen-bond acceptors (Lipinski definition) is 1. The van der Waals surface area contributed by atoms with Crippen LogP contribution in [0.3, 0.4) is 0 Å². The van der Waals surface area contributed by atoms with Gasteiger partial charge in [-0.1, -0.05) is 27.7 Å². The van der Waals surface area contributed by atoms with Gasteiger partial charge in [-0.05, 0) is 49.2 Å². The molecule has 0 bridgehead atoms. The molecule has 2 N–H and O–H groups in total. The van der Waals surface area contributed by atoms with Crippen LogP contribution in [-0.2, 0) is 0 Å². The van der Waals surface area contributed by atoms with Crippen LogP contribution in [0.4, 0.5) is 0 Å². The molecule has 16 heavy (non-hydrogen) atoms. The highest BCUT2D eigenvalue weighted by Gasteiger charge is 2.32. The maximum Gasteiger partial charge on any atom is 0.166 e. The molecule has 2 atom stereocenters. The van der Waals surface area contributed by atoms with E-state index in [1.807, 2.05) is 0 Å². The van der Waals surface area contributed by atoms with E-state index in [1.165, 1.54) is 19.3 Å². The summed E-state index contributed by atoms with van der Waals surface area (Å²) in [6.07, 6.45) is 4.93. The lowest BCUT2D eigenvalue weighted by Gasteiger charge is -2.39. The molecular weight excluding hydrogens is 216 g/mol. The van der Waals surface area contributed by atoms with E-state index in [-0.39, 0.29) is 0 Å². The topological polar surface area (TPSA) is 24.1 Å². The van der Waals surface area contributed by atoms with Gasteiger partial charge >= 0.3 is 0 Å². The highest BCUT2D eigenvalue weighted by molar-refractivity contribution is 7.80. The van der Waals surface area contributed by atoms with Crippen molar-refractivity contribution in [3.05, 3.63) is 0 Å². The molecule has 0 amide bonds. The van der Waals surface area contributed by atoms with E-state index < -0.39 is 0 Å². The van der Waals surface area contributed by atoms with E-state index in [2.05, 4.69) is 38.3 Å². The molecule has 0 aromatic carbocycles. The van der Waals surface area contributed by atoms with Crippen molar-refractivity contribution >= 4 is 17.3 Å². The summed E-state index contributed by atoms with van der Waals surface area (Å²) in [6, 6.07) is 0.551. The third-order valence-corrected chi connectivity index (χ3v) is 3.52. The first-order valence-corrected chi connectivity index (χ1v) is 6.88. The Hall–Kier alpha value is -0.310. The number of nitrogens with one attached hydrogen (secondary N) is 2. The fourth-order valence-corrected chi connectivity index (χ4v) is 3.20. The minimum Gasteiger partial charge on any atom is -0.363 e. The normalized spacial score (nSPS) is 28.5. The van der Waals surface area contributed by atoms with Crippen LogP contribution in [0.15, 0.2) is 0 Å². The van der Waals surface area contributed by atoms with Gasteiger partial charge in [-0.3, -0.25) is 0 Å². The van der Waals surface area contributed by atoms with E-state index in [0.717, 1.165) is 24.0 Å². The van der Waals surface area contributed by atoms with Crippen molar-refractivity contribution in [2.24, 2.45) is 11.3 Å². The van der Waals surface area contributed by atoms with Gasteiger partial charge in [0.05, 0.1) is 0 Å². The first-order valence-electron chi connectivity index (χ1n) is 6.47. The van der Waals surface area contributed by atoms with E-state index in [0.29, 0.717) is 11.5 Å². The first kappa shape index (κ1) is 13.8. The Morgan fingerprint density at radius 2 is 2.06 bits per heavy atom. The largest absolute Gasteiger partial charge is 0.363 e. The van der Waals surface area contributed by atoms with E-state index in [1.54, 1.807) is 0 Å². The molecule has 0 aromatic rings. The minimum absolute atomic E-state index is 0.454. The van der Waals surface area contributed by atoms with Crippen LogP contribution < -0.4 is 10.6 Å². The molecule has 1 saturated carbocycles. The Kier molecular flexibility index (Phi) is 5.03. The van der Waals surface area contributed by atoms with Gasteiger partial charge in [0, 0.05) is 12.6 Å². The summed E-state index contributed by atoms with van der Waals surface area (Å²) in [6.45, 7) is 10.2. The maximum absolute atomic E-state index is 5.29. The molecule has 2 unspecified atom stereocenters. The van der Waals surface area contributed by atoms with Crippen LogP contribution in [0.1, 0.15) is 53.4 Å². The zero-order valence-electron chi connectivity index (χ0n) is 11.1. The van der Waals surface area contributed by atoms with Crippen LogP contribution in [0.5, 0.6) is 0 Å². The summed E-state index contributed by atoms with van der Waals surface area (Å²) in [4.78, 5) is 0. The second-order valence-corrected chi connectivity index (χ2v) is 6.42. The SMILES string of the molecule is CCCNC(=S)NC1CC(C)CC(C)(C)C1. The summed E-state index contributed by atoms with van der Waals surface area (Å²) >= 11 is 5.29. The standard InChI is InChI=1S/C13H26N2S/c1-5-6-14-12(16)15-11-7-10(2)8-13(3,4)9-11/h10-11H,5-9H2,1-4H3,(H2,14,15,16). The van der Waals surface area contributed by atoms with Crippen molar-refractivity contribution in [1.82, 2.24) is 10.6 Å². The molecule has 1 aliphatic rings. The Morgan fingerprint density at radius 1 is 1.38 bits per heavy atom. The van der Waals surface area contributed by atoms with Gasteiger partial charge in [0.2, 0.25) is 0 Å². The molecule has 1 aliphatic carbocycles. The summed E-state index contributed by atoms with van der Waals surface area (Å²) in [5.74, 6) is 0.801. The van der Waals surface area contributed by atoms with E-state index in [4.69, 9.17) is 12.2 Å². The van der Waals surface area contributed by atoms with Crippen molar-refractivity contribution in [3.8, 4) is 0 Å². The Bertz CT molecular complexity index is 238. The molecule has 3 heteroatoms. The molecule has 94 valence electrons. The molecule has 1 fully saturated rings. The van der Waals surface area contributed by atoms with Crippen LogP contribution in [-0.4, -0.2) is 17.7 Å². The molecule has 0 spiro atoms. The number of thiocarbonyl (C=S) groups is 1. The Labute approximate surface area is 106 Å². The van der Waals surface area contributed by atoms with Crippen molar-refractivity contribution in [3.63, 3.8) is 0 Å². The average molecular weight is 242 g/mol. The first-order chi connectivity index (χ1) is 7.43. The molecule has 0 heterocycles. The molecule has 2 nitrogen and oxygen atoms in total. The third-order valence-electron chi connectivity index (χ3n) is 3.26. The molecule has 1 rings (SSSR count). The van der Waals surface area contributed by atoms with Crippen LogP contribution in [0.2, 0.25) is 0 Å². The summed E-state index contributed by atoms with van der Waals surface area (Å²) in [5, 5.41) is 7.53. The molecule has 0 saturated heterocycles. The highest BCUT2D eigenvalue weighted by Crippen LogP contribution is 2.38. The van der Waals surface area contributed by atoms with Crippen molar-refractivity contribution in [2.45, 2.75) is 59.4 Å². The number of hydrogen-bond donors (Lipinski definition) is 2. The van der Waals surface area contributed by atoms with Gasteiger partial charge in [-0.2, -0.15) is 0 Å². The summed E-state index contributed by atoms with van der Waals surface area (Å²) in [5.41, 5.74) is 0.454. The van der Waals surface area contributed by atoms with Gasteiger partial charge in [-0.15, -0.1) is 0 Å². The van der Waals surface area contributed by atoms with E-state index in [9.17, 15) is 0 Å². The lowest BCUT2D eigenvalue weighted by Crippen LogP contribution is -2.46. The van der Waals surface area contributed by atoms with Crippen LogP contribution >= 0.6 is 12.2 Å². The fourth-order valence-electron chi connectivity index (χ4n) is 2.93. The summed E-state index contributed by atoms with van der Waals surface area (Å²) < 4.78 is 0. The third kappa shape index (κ3) is 4.69. The van der Waals surface area contributed by atoms with Gasteiger partial charge < -0.3 is 10.6 Å². The second-order valence-electron chi connectivity index (χ2n) is 6.01. The van der Waals surface area contributed by atoms with Crippen LogP contribution in [0.25, 0.3) is 0 Å². The number of rotatable bonds is 3. The second kappa shape index (κ2) is 5.85. The molecule has 0 aromatic heterocycles. The maximum atomic E-state index is 5.29. The zero-order valence-corrected chi connectivity index (χ0v) is 11.9. The predicted molar refractivity (Wildman–Crippen MR) is 74.6 cm³/mol. The quantitative estimate of drug-likeness (QED) is 0.744. The van der Waals surface area contributed by atoms with Gasteiger partial charge in [0.1, 0.15) is 0 Å². The highest BCUT2D eigenvalue weighted by atomic mass is 32.1. The zero-order chi connectivity index (χ0) is 12.2. The smallest absolute Gasteiger partial charge is 0.166 e. The molecule has 0 radical (unpaired) electrons. The molecule has 0 aliphatic heterocycles. The average Bonchev–Trinajstić information content (AvgIpc) is 2.11.